The molecule has 1 aromatic rings. The van der Waals surface area contributed by atoms with Crippen LogP contribution >= 0.6 is 0 Å². The van der Waals surface area contributed by atoms with Crippen LogP contribution in [0.1, 0.15) is 32.3 Å². The van der Waals surface area contributed by atoms with Crippen molar-refractivity contribution in [3.8, 4) is 5.75 Å². The molecule has 0 heterocycles. The predicted octanol–water partition coefficient (Wildman–Crippen LogP) is 2.72. The van der Waals surface area contributed by atoms with E-state index < -0.39 is 0 Å². The number of carbonyl (C=O) groups is 1. The van der Waals surface area contributed by atoms with Crippen LogP contribution in [-0.4, -0.2) is 10.9 Å². The van der Waals surface area contributed by atoms with Gasteiger partial charge in [-0.1, -0.05) is 32.9 Å². The molecule has 76 valence electrons. The number of phenols is 1. The third kappa shape index (κ3) is 2.34. The molecule has 0 saturated heterocycles. The zero-order valence-electron chi connectivity index (χ0n) is 8.82. The van der Waals surface area contributed by atoms with Gasteiger partial charge in [-0.05, 0) is 17.7 Å². The van der Waals surface area contributed by atoms with Gasteiger partial charge in [0.2, 0.25) is 0 Å². The van der Waals surface area contributed by atoms with E-state index in [2.05, 4.69) is 0 Å². The van der Waals surface area contributed by atoms with Crippen molar-refractivity contribution in [1.29, 1.82) is 0 Å². The molecule has 1 unspecified atom stereocenters. The van der Waals surface area contributed by atoms with E-state index in [9.17, 15) is 4.79 Å². The Hall–Kier alpha value is -1.31. The van der Waals surface area contributed by atoms with E-state index in [1.807, 2.05) is 20.8 Å². The zero-order chi connectivity index (χ0) is 10.7. The monoisotopic (exact) mass is 192 g/mol. The standard InChI is InChI=1S/C12H16O2/c1-8(2)12(14)9(3)10-4-6-11(13)7-5-10/h4-9,13H,1-3H3. The lowest BCUT2D eigenvalue weighted by Crippen LogP contribution is -2.15. The van der Waals surface area contributed by atoms with E-state index in [0.29, 0.717) is 0 Å². The van der Waals surface area contributed by atoms with Crippen LogP contribution in [0.2, 0.25) is 0 Å². The summed E-state index contributed by atoms with van der Waals surface area (Å²) >= 11 is 0. The predicted molar refractivity (Wildman–Crippen MR) is 56.4 cm³/mol. The van der Waals surface area contributed by atoms with Crippen molar-refractivity contribution in [2.75, 3.05) is 0 Å². The van der Waals surface area contributed by atoms with Gasteiger partial charge >= 0.3 is 0 Å². The third-order valence-electron chi connectivity index (χ3n) is 2.39. The molecule has 0 aliphatic heterocycles. The average molecular weight is 192 g/mol. The fourth-order valence-corrected chi connectivity index (χ4v) is 1.43. The first-order valence-corrected chi connectivity index (χ1v) is 4.85. The maximum Gasteiger partial charge on any atom is 0.142 e. The first kappa shape index (κ1) is 10.8. The minimum absolute atomic E-state index is 0.0544. The number of phenolic OH excluding ortho intramolecular Hbond substituents is 1. The van der Waals surface area contributed by atoms with Gasteiger partial charge in [0.25, 0.3) is 0 Å². The molecule has 0 fully saturated rings. The van der Waals surface area contributed by atoms with Crippen LogP contribution in [0.5, 0.6) is 5.75 Å². The second kappa shape index (κ2) is 4.27. The Labute approximate surface area is 84.6 Å². The number of carbonyl (C=O) groups excluding carboxylic acids is 1. The van der Waals surface area contributed by atoms with Gasteiger partial charge in [0.1, 0.15) is 11.5 Å². The third-order valence-corrected chi connectivity index (χ3v) is 2.39. The molecule has 14 heavy (non-hydrogen) atoms. The minimum Gasteiger partial charge on any atom is -0.508 e. The van der Waals surface area contributed by atoms with Gasteiger partial charge in [-0.3, -0.25) is 4.79 Å². The van der Waals surface area contributed by atoms with Crippen molar-refractivity contribution >= 4 is 5.78 Å². The van der Waals surface area contributed by atoms with Gasteiger partial charge < -0.3 is 5.11 Å². The molecule has 0 aliphatic rings. The lowest BCUT2D eigenvalue weighted by molar-refractivity contribution is -0.123. The number of benzene rings is 1. The molecule has 2 heteroatoms. The van der Waals surface area contributed by atoms with Crippen LogP contribution < -0.4 is 0 Å². The van der Waals surface area contributed by atoms with Crippen LogP contribution in [0.3, 0.4) is 0 Å². The van der Waals surface area contributed by atoms with E-state index in [1.165, 1.54) is 0 Å². The molecular formula is C12H16O2. The van der Waals surface area contributed by atoms with Gasteiger partial charge in [0, 0.05) is 11.8 Å². The van der Waals surface area contributed by atoms with Crippen LogP contribution in [0, 0.1) is 5.92 Å². The highest BCUT2D eigenvalue weighted by Gasteiger charge is 2.17. The molecule has 0 saturated carbocycles. The molecule has 1 atom stereocenters. The van der Waals surface area contributed by atoms with Crippen molar-refractivity contribution < 1.29 is 9.90 Å². The molecule has 0 amide bonds. The molecule has 0 radical (unpaired) electrons. The van der Waals surface area contributed by atoms with Gasteiger partial charge in [0.15, 0.2) is 0 Å². The second-order valence-electron chi connectivity index (χ2n) is 3.87. The summed E-state index contributed by atoms with van der Waals surface area (Å²) in [5.41, 5.74) is 0.960. The van der Waals surface area contributed by atoms with Crippen molar-refractivity contribution in [1.82, 2.24) is 0 Å². The van der Waals surface area contributed by atoms with Gasteiger partial charge in [-0.25, -0.2) is 0 Å². The van der Waals surface area contributed by atoms with E-state index >= 15 is 0 Å². The van der Waals surface area contributed by atoms with Crippen molar-refractivity contribution in [3.05, 3.63) is 29.8 Å². The van der Waals surface area contributed by atoms with Crippen LogP contribution in [0.4, 0.5) is 0 Å². The number of rotatable bonds is 3. The zero-order valence-corrected chi connectivity index (χ0v) is 8.82. The summed E-state index contributed by atoms with van der Waals surface area (Å²) in [4.78, 5) is 11.7. The molecule has 1 aromatic carbocycles. The fraction of sp³-hybridized carbons (Fsp3) is 0.417. The molecular weight excluding hydrogens is 176 g/mol. The summed E-state index contributed by atoms with van der Waals surface area (Å²) < 4.78 is 0. The van der Waals surface area contributed by atoms with E-state index in [-0.39, 0.29) is 23.4 Å². The number of aromatic hydroxyl groups is 1. The highest BCUT2D eigenvalue weighted by atomic mass is 16.3. The van der Waals surface area contributed by atoms with Gasteiger partial charge in [-0.15, -0.1) is 0 Å². The summed E-state index contributed by atoms with van der Waals surface area (Å²) in [7, 11) is 0. The lowest BCUT2D eigenvalue weighted by Gasteiger charge is -2.13. The van der Waals surface area contributed by atoms with E-state index in [0.717, 1.165) is 5.56 Å². The lowest BCUT2D eigenvalue weighted by atomic mass is 9.90. The Balaban J connectivity index is 2.84. The van der Waals surface area contributed by atoms with Crippen molar-refractivity contribution in [3.63, 3.8) is 0 Å². The Morgan fingerprint density at radius 1 is 1.14 bits per heavy atom. The maximum atomic E-state index is 11.7. The first-order chi connectivity index (χ1) is 6.52. The number of hydrogen-bond donors (Lipinski definition) is 1. The first-order valence-electron chi connectivity index (χ1n) is 4.85. The van der Waals surface area contributed by atoms with E-state index in [1.54, 1.807) is 24.3 Å². The van der Waals surface area contributed by atoms with Crippen LogP contribution in [0.15, 0.2) is 24.3 Å². The summed E-state index contributed by atoms with van der Waals surface area (Å²) in [5.74, 6) is 0.433. The summed E-state index contributed by atoms with van der Waals surface area (Å²) in [6.07, 6.45) is 0. The Bertz CT molecular complexity index is 312. The molecule has 2 nitrogen and oxygen atoms in total. The van der Waals surface area contributed by atoms with Gasteiger partial charge in [-0.2, -0.15) is 0 Å². The summed E-state index contributed by atoms with van der Waals surface area (Å²) in [6.45, 7) is 5.70. The maximum absolute atomic E-state index is 11.7. The SMILES string of the molecule is CC(C)C(=O)C(C)c1ccc(O)cc1. The molecule has 0 aliphatic carbocycles. The molecule has 1 rings (SSSR count). The molecule has 0 aromatic heterocycles. The molecule has 0 spiro atoms. The average Bonchev–Trinajstić information content (AvgIpc) is 2.16. The Morgan fingerprint density at radius 3 is 2.07 bits per heavy atom. The Kier molecular flexibility index (Phi) is 3.28. The summed E-state index contributed by atoms with van der Waals surface area (Å²) in [6, 6.07) is 6.80. The number of ketones is 1. The van der Waals surface area contributed by atoms with Gasteiger partial charge in [0.05, 0.1) is 0 Å². The normalized spacial score (nSPS) is 12.9. The quantitative estimate of drug-likeness (QED) is 0.799. The van der Waals surface area contributed by atoms with Crippen LogP contribution in [0.25, 0.3) is 0 Å². The van der Waals surface area contributed by atoms with E-state index in [4.69, 9.17) is 5.11 Å². The number of hydrogen-bond acceptors (Lipinski definition) is 2. The van der Waals surface area contributed by atoms with Crippen molar-refractivity contribution in [2.24, 2.45) is 5.92 Å². The minimum atomic E-state index is -0.0874. The second-order valence-corrected chi connectivity index (χ2v) is 3.87. The highest BCUT2D eigenvalue weighted by Crippen LogP contribution is 2.21. The highest BCUT2D eigenvalue weighted by molar-refractivity contribution is 5.86. The topological polar surface area (TPSA) is 37.3 Å². The largest absolute Gasteiger partial charge is 0.508 e. The smallest absolute Gasteiger partial charge is 0.142 e. The van der Waals surface area contributed by atoms with Crippen LogP contribution in [-0.2, 0) is 4.79 Å². The molecule has 0 bridgehead atoms. The summed E-state index contributed by atoms with van der Waals surface area (Å²) in [5, 5.41) is 9.10. The Morgan fingerprint density at radius 2 is 1.64 bits per heavy atom. The number of Topliss-reactive ketones (excluding diaryl/α,β-unsaturated/α-hetero) is 1. The van der Waals surface area contributed by atoms with Crippen molar-refractivity contribution in [2.45, 2.75) is 26.7 Å². The fourth-order valence-electron chi connectivity index (χ4n) is 1.43. The molecule has 1 N–H and O–H groups in total.